The molecule has 0 aliphatic carbocycles. The average Bonchev–Trinajstić information content (AvgIpc) is 3.33. The fourth-order valence-electron chi connectivity index (χ4n) is 3.09. The van der Waals surface area contributed by atoms with Gasteiger partial charge in [-0.15, -0.1) is 0 Å². The van der Waals surface area contributed by atoms with Crippen molar-refractivity contribution in [2.75, 3.05) is 10.0 Å². The zero-order chi connectivity index (χ0) is 24.8. The summed E-state index contributed by atoms with van der Waals surface area (Å²) in [6.07, 6.45) is 4.51. The van der Waals surface area contributed by atoms with E-state index in [2.05, 4.69) is 39.0 Å². The first-order chi connectivity index (χ1) is 16.8. The quantitative estimate of drug-likeness (QED) is 0.363. The maximum absolute atomic E-state index is 12.6. The zero-order valence-corrected chi connectivity index (χ0v) is 19.9. The number of nitrogens with one attached hydrogen (secondary N) is 2. The van der Waals surface area contributed by atoms with E-state index < -0.39 is 15.9 Å². The summed E-state index contributed by atoms with van der Waals surface area (Å²) in [6, 6.07) is 16.7. The van der Waals surface area contributed by atoms with Gasteiger partial charge in [-0.05, 0) is 60.0 Å². The van der Waals surface area contributed by atoms with Crippen molar-refractivity contribution in [2.45, 2.75) is 31.4 Å². The van der Waals surface area contributed by atoms with Gasteiger partial charge in [0.15, 0.2) is 12.4 Å². The minimum atomic E-state index is -3.86. The lowest BCUT2D eigenvalue weighted by molar-refractivity contribution is 0.102. The van der Waals surface area contributed by atoms with E-state index in [9.17, 15) is 13.2 Å². The molecule has 180 valence electrons. The molecule has 10 nitrogen and oxygen atoms in total. The molecule has 0 unspecified atom stereocenters. The number of rotatable bonds is 9. The monoisotopic (exact) mass is 492 g/mol. The molecule has 2 heterocycles. The molecule has 0 radical (unpaired) electrons. The topological polar surface area (TPSA) is 128 Å². The lowest BCUT2D eigenvalue weighted by Gasteiger charge is -2.09. The standard InChI is InChI=1S/C24H24N6O4S/c1-17(2)18-4-8-20(9-5-18)34-16-30-15-12-22(28-30)23(31)27-19-6-10-21(11-7-19)35(32,33)29-24-25-13-3-14-26-24/h3-15,17H,16H2,1-2H3,(H,27,31)(H,25,26,29). The molecule has 0 bridgehead atoms. The van der Waals surface area contributed by atoms with E-state index in [-0.39, 0.29) is 23.3 Å². The van der Waals surface area contributed by atoms with Crippen molar-refractivity contribution in [3.05, 3.63) is 90.5 Å². The normalized spacial score (nSPS) is 11.3. The summed E-state index contributed by atoms with van der Waals surface area (Å²) in [6.45, 7) is 4.40. The van der Waals surface area contributed by atoms with Gasteiger partial charge in [-0.1, -0.05) is 26.0 Å². The highest BCUT2D eigenvalue weighted by molar-refractivity contribution is 7.92. The van der Waals surface area contributed by atoms with E-state index in [1.165, 1.54) is 46.9 Å². The Hall–Kier alpha value is -4.25. The molecule has 0 spiro atoms. The van der Waals surface area contributed by atoms with Crippen LogP contribution in [0.5, 0.6) is 5.75 Å². The maximum atomic E-state index is 12.6. The minimum absolute atomic E-state index is 0.00538. The third-order valence-corrected chi connectivity index (χ3v) is 6.34. The fraction of sp³-hybridized carbons (Fsp3) is 0.167. The summed E-state index contributed by atoms with van der Waals surface area (Å²) < 4.78 is 34.5. The van der Waals surface area contributed by atoms with Gasteiger partial charge in [0.25, 0.3) is 15.9 Å². The van der Waals surface area contributed by atoms with Gasteiger partial charge in [-0.2, -0.15) is 5.10 Å². The number of anilines is 2. The van der Waals surface area contributed by atoms with Crippen LogP contribution in [0.1, 0.15) is 35.8 Å². The number of nitrogens with zero attached hydrogens (tertiary/aromatic N) is 4. The molecular formula is C24H24N6O4S. The van der Waals surface area contributed by atoms with Crippen LogP contribution < -0.4 is 14.8 Å². The minimum Gasteiger partial charge on any atom is -0.471 e. The van der Waals surface area contributed by atoms with Crippen LogP contribution in [0, 0.1) is 0 Å². The van der Waals surface area contributed by atoms with Crippen molar-refractivity contribution in [1.29, 1.82) is 0 Å². The molecule has 0 aliphatic rings. The second kappa shape index (κ2) is 10.3. The molecule has 4 aromatic rings. The van der Waals surface area contributed by atoms with Crippen molar-refractivity contribution in [2.24, 2.45) is 0 Å². The Morgan fingerprint density at radius 3 is 2.34 bits per heavy atom. The average molecular weight is 493 g/mol. The molecular weight excluding hydrogens is 468 g/mol. The Kier molecular flexibility index (Phi) is 7.06. The highest BCUT2D eigenvalue weighted by atomic mass is 32.2. The molecule has 0 aliphatic heterocycles. The predicted octanol–water partition coefficient (Wildman–Crippen LogP) is 3.89. The number of aromatic nitrogens is 4. The van der Waals surface area contributed by atoms with E-state index in [0.717, 1.165) is 0 Å². The number of carbonyl (C=O) groups is 1. The molecule has 1 amide bonds. The van der Waals surface area contributed by atoms with Gasteiger partial charge in [0, 0.05) is 24.3 Å². The number of benzene rings is 2. The highest BCUT2D eigenvalue weighted by Gasteiger charge is 2.16. The van der Waals surface area contributed by atoms with Gasteiger partial charge >= 0.3 is 0 Å². The first-order valence-corrected chi connectivity index (χ1v) is 12.3. The van der Waals surface area contributed by atoms with Crippen LogP contribution in [0.15, 0.2) is 84.1 Å². The van der Waals surface area contributed by atoms with Gasteiger partial charge in [-0.3, -0.25) is 4.79 Å². The predicted molar refractivity (Wildman–Crippen MR) is 131 cm³/mol. The maximum Gasteiger partial charge on any atom is 0.276 e. The molecule has 2 N–H and O–H groups in total. The largest absolute Gasteiger partial charge is 0.471 e. The third kappa shape index (κ3) is 6.21. The second-order valence-corrected chi connectivity index (χ2v) is 9.58. The van der Waals surface area contributed by atoms with Crippen LogP contribution in [0.3, 0.4) is 0 Å². The van der Waals surface area contributed by atoms with Gasteiger partial charge in [0.2, 0.25) is 5.95 Å². The Morgan fingerprint density at radius 2 is 1.69 bits per heavy atom. The number of carbonyl (C=O) groups excluding carboxylic acids is 1. The van der Waals surface area contributed by atoms with Gasteiger partial charge in [0.05, 0.1) is 4.90 Å². The van der Waals surface area contributed by atoms with Crippen molar-refractivity contribution in [3.63, 3.8) is 0 Å². The Labute approximate surface area is 203 Å². The number of ether oxygens (including phenoxy) is 1. The summed E-state index contributed by atoms with van der Waals surface area (Å²) in [7, 11) is -3.86. The Morgan fingerprint density at radius 1 is 1.00 bits per heavy atom. The van der Waals surface area contributed by atoms with Crippen LogP contribution in [0.4, 0.5) is 11.6 Å². The molecule has 11 heteroatoms. The molecule has 0 atom stereocenters. The Bertz CT molecular complexity index is 1390. The van der Waals surface area contributed by atoms with E-state index in [0.29, 0.717) is 17.4 Å². The summed E-state index contributed by atoms with van der Waals surface area (Å²) in [4.78, 5) is 20.2. The van der Waals surface area contributed by atoms with Gasteiger partial charge in [-0.25, -0.2) is 27.8 Å². The van der Waals surface area contributed by atoms with Crippen LogP contribution >= 0.6 is 0 Å². The molecule has 0 saturated heterocycles. The smallest absolute Gasteiger partial charge is 0.276 e. The van der Waals surface area contributed by atoms with Crippen molar-refractivity contribution >= 4 is 27.6 Å². The van der Waals surface area contributed by atoms with Crippen LogP contribution in [0.25, 0.3) is 0 Å². The SMILES string of the molecule is CC(C)c1ccc(OCn2ccc(C(=O)Nc3ccc(S(=O)(=O)Nc4ncccn4)cc3)n2)cc1. The van der Waals surface area contributed by atoms with Gasteiger partial charge < -0.3 is 10.1 Å². The number of hydrogen-bond acceptors (Lipinski definition) is 7. The van der Waals surface area contributed by atoms with E-state index in [1.54, 1.807) is 18.3 Å². The number of sulfonamides is 1. The van der Waals surface area contributed by atoms with Crippen LogP contribution in [0.2, 0.25) is 0 Å². The first kappa shape index (κ1) is 23.9. The second-order valence-electron chi connectivity index (χ2n) is 7.89. The van der Waals surface area contributed by atoms with Gasteiger partial charge in [0.1, 0.15) is 5.75 Å². The molecule has 2 aromatic carbocycles. The summed E-state index contributed by atoms with van der Waals surface area (Å²) in [5, 5.41) is 6.93. The van der Waals surface area contributed by atoms with Crippen molar-refractivity contribution in [1.82, 2.24) is 19.7 Å². The zero-order valence-electron chi connectivity index (χ0n) is 19.1. The lowest BCUT2D eigenvalue weighted by Crippen LogP contribution is -2.16. The molecule has 35 heavy (non-hydrogen) atoms. The lowest BCUT2D eigenvalue weighted by atomic mass is 10.0. The van der Waals surface area contributed by atoms with Crippen LogP contribution in [-0.4, -0.2) is 34.1 Å². The van der Waals surface area contributed by atoms with E-state index >= 15 is 0 Å². The molecule has 2 aromatic heterocycles. The Balaban J connectivity index is 1.33. The molecule has 0 fully saturated rings. The number of amides is 1. The highest BCUT2D eigenvalue weighted by Crippen LogP contribution is 2.19. The van der Waals surface area contributed by atoms with Crippen molar-refractivity contribution < 1.29 is 17.9 Å². The van der Waals surface area contributed by atoms with Crippen LogP contribution in [-0.2, 0) is 16.8 Å². The molecule has 0 saturated carbocycles. The summed E-state index contributed by atoms with van der Waals surface area (Å²) in [5.74, 6) is 0.685. The fourth-order valence-corrected chi connectivity index (χ4v) is 4.05. The molecule has 4 rings (SSSR count). The first-order valence-electron chi connectivity index (χ1n) is 10.8. The third-order valence-electron chi connectivity index (χ3n) is 5.00. The summed E-state index contributed by atoms with van der Waals surface area (Å²) >= 11 is 0. The van der Waals surface area contributed by atoms with E-state index in [1.807, 2.05) is 24.3 Å². The summed E-state index contributed by atoms with van der Waals surface area (Å²) in [5.41, 5.74) is 1.84. The van der Waals surface area contributed by atoms with Crippen molar-refractivity contribution in [3.8, 4) is 5.75 Å². The van der Waals surface area contributed by atoms with E-state index in [4.69, 9.17) is 4.74 Å². The number of hydrogen-bond donors (Lipinski definition) is 2.